The van der Waals surface area contributed by atoms with E-state index in [1.54, 1.807) is 0 Å². The van der Waals surface area contributed by atoms with Gasteiger partial charge in [0.15, 0.2) is 5.92 Å². The lowest BCUT2D eigenvalue weighted by molar-refractivity contribution is -0.160. The van der Waals surface area contributed by atoms with E-state index in [9.17, 15) is 9.59 Å². The second-order valence-corrected chi connectivity index (χ2v) is 3.78. The number of ether oxygens (including phenoxy) is 2. The maximum absolute atomic E-state index is 11.7. The summed E-state index contributed by atoms with van der Waals surface area (Å²) in [6.45, 7) is 9.99. The summed E-state index contributed by atoms with van der Waals surface area (Å²) < 4.78 is 9.95. The molecule has 0 saturated carbocycles. The molecule has 0 spiro atoms. The van der Waals surface area contributed by atoms with Gasteiger partial charge in [0.2, 0.25) is 0 Å². The fourth-order valence-electron chi connectivity index (χ4n) is 1.21. The lowest BCUT2D eigenvalue weighted by Gasteiger charge is -2.16. The first-order chi connectivity index (χ1) is 8.08. The standard InChI is InChI=1S/C13H22O4/c1-5-8-16-12(14)11(10(4)7-3)13(15)17-9-6-2/h11H,4-9H2,1-3H3. The van der Waals surface area contributed by atoms with E-state index in [0.29, 0.717) is 25.2 Å². The van der Waals surface area contributed by atoms with Gasteiger partial charge >= 0.3 is 11.9 Å². The van der Waals surface area contributed by atoms with Gasteiger partial charge in [-0.25, -0.2) is 0 Å². The number of hydrogen-bond donors (Lipinski definition) is 0. The van der Waals surface area contributed by atoms with Gasteiger partial charge in [-0.05, 0) is 19.3 Å². The third-order valence-corrected chi connectivity index (χ3v) is 2.23. The summed E-state index contributed by atoms with van der Waals surface area (Å²) in [5.41, 5.74) is 0.534. The Kier molecular flexibility index (Phi) is 8.11. The molecule has 0 heterocycles. The predicted molar refractivity (Wildman–Crippen MR) is 65.4 cm³/mol. The fraction of sp³-hybridized carbons (Fsp3) is 0.692. The molecule has 4 heteroatoms. The largest absolute Gasteiger partial charge is 0.465 e. The molecule has 0 radical (unpaired) electrons. The van der Waals surface area contributed by atoms with Crippen molar-refractivity contribution in [3.63, 3.8) is 0 Å². The summed E-state index contributed by atoms with van der Waals surface area (Å²) in [5.74, 6) is -2.09. The molecule has 0 atom stereocenters. The van der Waals surface area contributed by atoms with Crippen LogP contribution < -0.4 is 0 Å². The van der Waals surface area contributed by atoms with E-state index in [4.69, 9.17) is 9.47 Å². The first kappa shape index (κ1) is 15.7. The number of carbonyl (C=O) groups excluding carboxylic acids is 2. The molecule has 17 heavy (non-hydrogen) atoms. The predicted octanol–water partition coefficient (Wildman–Crippen LogP) is 2.48. The van der Waals surface area contributed by atoms with E-state index in [-0.39, 0.29) is 0 Å². The molecule has 0 unspecified atom stereocenters. The van der Waals surface area contributed by atoms with Crippen LogP contribution in [-0.4, -0.2) is 25.2 Å². The summed E-state index contributed by atoms with van der Waals surface area (Å²) in [4.78, 5) is 23.4. The molecular weight excluding hydrogens is 220 g/mol. The summed E-state index contributed by atoms with van der Waals surface area (Å²) in [7, 11) is 0. The van der Waals surface area contributed by atoms with Gasteiger partial charge in [-0.15, -0.1) is 0 Å². The Balaban J connectivity index is 4.57. The highest BCUT2D eigenvalue weighted by molar-refractivity contribution is 5.98. The van der Waals surface area contributed by atoms with Crippen LogP contribution >= 0.6 is 0 Å². The van der Waals surface area contributed by atoms with E-state index >= 15 is 0 Å². The van der Waals surface area contributed by atoms with E-state index in [1.165, 1.54) is 0 Å². The third kappa shape index (κ3) is 5.52. The van der Waals surface area contributed by atoms with Crippen molar-refractivity contribution in [2.24, 2.45) is 5.92 Å². The van der Waals surface area contributed by atoms with Crippen LogP contribution in [0, 0.1) is 5.92 Å². The van der Waals surface area contributed by atoms with Crippen LogP contribution in [0.15, 0.2) is 12.2 Å². The highest BCUT2D eigenvalue weighted by atomic mass is 16.6. The van der Waals surface area contributed by atoms with Crippen molar-refractivity contribution in [1.29, 1.82) is 0 Å². The van der Waals surface area contributed by atoms with Crippen molar-refractivity contribution in [2.45, 2.75) is 40.0 Å². The highest BCUT2D eigenvalue weighted by Crippen LogP contribution is 2.17. The minimum absolute atomic E-state index is 0.313. The van der Waals surface area contributed by atoms with Crippen LogP contribution in [0.2, 0.25) is 0 Å². The van der Waals surface area contributed by atoms with Crippen LogP contribution in [0.3, 0.4) is 0 Å². The average Bonchev–Trinajstić information content (AvgIpc) is 2.33. The molecular formula is C13H22O4. The topological polar surface area (TPSA) is 52.6 Å². The summed E-state index contributed by atoms with van der Waals surface area (Å²) in [5, 5.41) is 0. The Morgan fingerprint density at radius 1 is 1.00 bits per heavy atom. The summed E-state index contributed by atoms with van der Waals surface area (Å²) >= 11 is 0. The first-order valence-electron chi connectivity index (χ1n) is 6.09. The van der Waals surface area contributed by atoms with Crippen molar-refractivity contribution < 1.29 is 19.1 Å². The van der Waals surface area contributed by atoms with E-state index in [1.807, 2.05) is 20.8 Å². The Hall–Kier alpha value is -1.32. The lowest BCUT2D eigenvalue weighted by Crippen LogP contribution is -2.29. The molecule has 0 saturated heterocycles. The van der Waals surface area contributed by atoms with Crippen LogP contribution in [-0.2, 0) is 19.1 Å². The zero-order valence-corrected chi connectivity index (χ0v) is 11.0. The van der Waals surface area contributed by atoms with Crippen LogP contribution in [0.1, 0.15) is 40.0 Å². The molecule has 0 aliphatic carbocycles. The molecule has 0 amide bonds. The van der Waals surface area contributed by atoms with Gasteiger partial charge in [-0.1, -0.05) is 32.9 Å². The molecule has 0 rings (SSSR count). The zero-order valence-electron chi connectivity index (χ0n) is 11.0. The third-order valence-electron chi connectivity index (χ3n) is 2.23. The Bertz CT molecular complexity index is 251. The van der Waals surface area contributed by atoms with Gasteiger partial charge in [0.25, 0.3) is 0 Å². The molecule has 0 aromatic heterocycles. The Morgan fingerprint density at radius 2 is 1.41 bits per heavy atom. The van der Waals surface area contributed by atoms with Gasteiger partial charge in [0.1, 0.15) is 0 Å². The molecule has 0 aromatic rings. The molecule has 0 fully saturated rings. The second-order valence-electron chi connectivity index (χ2n) is 3.78. The van der Waals surface area contributed by atoms with Crippen molar-refractivity contribution >= 4 is 11.9 Å². The van der Waals surface area contributed by atoms with E-state index < -0.39 is 17.9 Å². The van der Waals surface area contributed by atoms with Crippen molar-refractivity contribution in [3.05, 3.63) is 12.2 Å². The molecule has 0 N–H and O–H groups in total. The smallest absolute Gasteiger partial charge is 0.324 e. The maximum atomic E-state index is 11.7. The summed E-state index contributed by atoms with van der Waals surface area (Å²) in [6.07, 6.45) is 2.00. The minimum atomic E-state index is -0.974. The van der Waals surface area contributed by atoms with Crippen LogP contribution in [0.25, 0.3) is 0 Å². The molecule has 0 aromatic carbocycles. The molecule has 0 bridgehead atoms. The second kappa shape index (κ2) is 8.79. The van der Waals surface area contributed by atoms with Gasteiger partial charge in [0, 0.05) is 0 Å². The minimum Gasteiger partial charge on any atom is -0.465 e. The Morgan fingerprint density at radius 3 is 1.71 bits per heavy atom. The van der Waals surface area contributed by atoms with Crippen molar-refractivity contribution in [1.82, 2.24) is 0 Å². The SMILES string of the molecule is C=C(CC)C(C(=O)OCCC)C(=O)OCCC. The van der Waals surface area contributed by atoms with Crippen molar-refractivity contribution in [2.75, 3.05) is 13.2 Å². The fourth-order valence-corrected chi connectivity index (χ4v) is 1.21. The van der Waals surface area contributed by atoms with Crippen LogP contribution in [0.5, 0.6) is 0 Å². The summed E-state index contributed by atoms with van der Waals surface area (Å²) in [6, 6.07) is 0. The number of hydrogen-bond acceptors (Lipinski definition) is 4. The molecule has 0 aliphatic rings. The van der Waals surface area contributed by atoms with Gasteiger partial charge in [0.05, 0.1) is 13.2 Å². The van der Waals surface area contributed by atoms with Gasteiger partial charge in [-0.2, -0.15) is 0 Å². The maximum Gasteiger partial charge on any atom is 0.324 e. The molecule has 4 nitrogen and oxygen atoms in total. The van der Waals surface area contributed by atoms with E-state index in [0.717, 1.165) is 12.8 Å². The van der Waals surface area contributed by atoms with Crippen molar-refractivity contribution in [3.8, 4) is 0 Å². The monoisotopic (exact) mass is 242 g/mol. The zero-order chi connectivity index (χ0) is 13.3. The first-order valence-corrected chi connectivity index (χ1v) is 6.09. The lowest BCUT2D eigenvalue weighted by atomic mass is 9.99. The van der Waals surface area contributed by atoms with Crippen LogP contribution in [0.4, 0.5) is 0 Å². The van der Waals surface area contributed by atoms with E-state index in [2.05, 4.69) is 6.58 Å². The quantitative estimate of drug-likeness (QED) is 0.373. The normalized spacial score (nSPS) is 10.1. The molecule has 98 valence electrons. The van der Waals surface area contributed by atoms with Gasteiger partial charge in [-0.3, -0.25) is 9.59 Å². The number of rotatable bonds is 8. The average molecular weight is 242 g/mol. The van der Waals surface area contributed by atoms with Gasteiger partial charge < -0.3 is 9.47 Å². The Labute approximate surface area is 103 Å². The number of carbonyl (C=O) groups is 2. The number of esters is 2. The highest BCUT2D eigenvalue weighted by Gasteiger charge is 2.31. The molecule has 0 aliphatic heterocycles.